The van der Waals surface area contributed by atoms with E-state index >= 15 is 0 Å². The van der Waals surface area contributed by atoms with E-state index in [2.05, 4.69) is 38.4 Å². The Labute approximate surface area is 143 Å². The second kappa shape index (κ2) is 5.52. The lowest BCUT2D eigenvalue weighted by Gasteiger charge is -2.04. The molecule has 0 aliphatic carbocycles. The van der Waals surface area contributed by atoms with Crippen molar-refractivity contribution in [1.82, 2.24) is 29.8 Å². The highest BCUT2D eigenvalue weighted by Crippen LogP contribution is 2.19. The molecule has 0 atom stereocenters. The first-order valence-electron chi connectivity index (χ1n) is 8.03. The van der Waals surface area contributed by atoms with E-state index in [4.69, 9.17) is 5.10 Å². The molecule has 6 heteroatoms. The van der Waals surface area contributed by atoms with E-state index in [0.717, 1.165) is 33.5 Å². The molecule has 0 radical (unpaired) electrons. The molecule has 0 saturated carbocycles. The van der Waals surface area contributed by atoms with E-state index in [1.807, 2.05) is 47.4 Å². The standard InChI is InChI=1S/C19H14N6/c1-2-14-8-13(3-5-17(14)20-7-1)9-19-21-12-16-4-6-18(24-25(16)19)15-10-22-23-11-15/h1-8,10-12H,9H2,(H,22,23). The number of hydrogen-bond acceptors (Lipinski definition) is 4. The molecule has 6 nitrogen and oxygen atoms in total. The van der Waals surface area contributed by atoms with Crippen molar-refractivity contribution in [3.8, 4) is 11.3 Å². The van der Waals surface area contributed by atoms with Crippen molar-refractivity contribution < 1.29 is 0 Å². The van der Waals surface area contributed by atoms with Gasteiger partial charge in [0.2, 0.25) is 0 Å². The summed E-state index contributed by atoms with van der Waals surface area (Å²) in [6.45, 7) is 0. The van der Waals surface area contributed by atoms with E-state index in [9.17, 15) is 0 Å². The van der Waals surface area contributed by atoms with Gasteiger partial charge in [0.15, 0.2) is 0 Å². The molecule has 1 aromatic carbocycles. The minimum atomic E-state index is 0.709. The summed E-state index contributed by atoms with van der Waals surface area (Å²) < 4.78 is 1.90. The Bertz CT molecular complexity index is 1170. The number of imidazole rings is 1. The van der Waals surface area contributed by atoms with Crippen molar-refractivity contribution in [1.29, 1.82) is 0 Å². The van der Waals surface area contributed by atoms with Gasteiger partial charge in [-0.2, -0.15) is 10.2 Å². The predicted molar refractivity (Wildman–Crippen MR) is 95.1 cm³/mol. The van der Waals surface area contributed by atoms with Gasteiger partial charge in [0.1, 0.15) is 5.82 Å². The molecule has 25 heavy (non-hydrogen) atoms. The Hall–Kier alpha value is -3.54. The maximum absolute atomic E-state index is 4.72. The summed E-state index contributed by atoms with van der Waals surface area (Å²) in [5.41, 5.74) is 4.98. The average molecular weight is 326 g/mol. The van der Waals surface area contributed by atoms with Gasteiger partial charge in [-0.15, -0.1) is 0 Å². The van der Waals surface area contributed by atoms with Crippen molar-refractivity contribution in [2.24, 2.45) is 0 Å². The van der Waals surface area contributed by atoms with Crippen LogP contribution in [0, 0.1) is 0 Å². The molecular formula is C19H14N6. The maximum Gasteiger partial charge on any atom is 0.134 e. The number of pyridine rings is 1. The number of nitrogens with zero attached hydrogens (tertiary/aromatic N) is 5. The lowest BCUT2D eigenvalue weighted by molar-refractivity contribution is 0.846. The summed E-state index contributed by atoms with van der Waals surface area (Å²) in [6, 6.07) is 14.3. The maximum atomic E-state index is 4.72. The number of nitrogens with one attached hydrogen (secondary N) is 1. The first-order chi connectivity index (χ1) is 12.4. The van der Waals surface area contributed by atoms with Gasteiger partial charge >= 0.3 is 0 Å². The molecule has 0 fully saturated rings. The molecule has 5 aromatic rings. The average Bonchev–Trinajstić information content (AvgIpc) is 3.32. The van der Waals surface area contributed by atoms with Gasteiger partial charge in [-0.1, -0.05) is 12.1 Å². The van der Waals surface area contributed by atoms with Crippen LogP contribution in [0.5, 0.6) is 0 Å². The molecule has 120 valence electrons. The van der Waals surface area contributed by atoms with Gasteiger partial charge in [0, 0.05) is 29.8 Å². The molecule has 0 aliphatic rings. The second-order valence-electron chi connectivity index (χ2n) is 5.92. The van der Waals surface area contributed by atoms with Crippen LogP contribution in [0.4, 0.5) is 0 Å². The van der Waals surface area contributed by atoms with Gasteiger partial charge in [0.25, 0.3) is 0 Å². The molecule has 0 amide bonds. The smallest absolute Gasteiger partial charge is 0.134 e. The minimum Gasteiger partial charge on any atom is -0.285 e. The fourth-order valence-electron chi connectivity index (χ4n) is 3.02. The molecule has 0 saturated heterocycles. The molecule has 0 bridgehead atoms. The molecule has 4 heterocycles. The molecule has 4 aromatic heterocycles. The molecule has 5 rings (SSSR count). The van der Waals surface area contributed by atoms with E-state index < -0.39 is 0 Å². The Balaban J connectivity index is 1.56. The molecule has 0 aliphatic heterocycles. The molecule has 0 spiro atoms. The summed E-state index contributed by atoms with van der Waals surface area (Å²) in [5, 5.41) is 12.7. The zero-order valence-corrected chi connectivity index (χ0v) is 13.3. The number of rotatable bonds is 3. The van der Waals surface area contributed by atoms with Crippen molar-refractivity contribution in [2.75, 3.05) is 0 Å². The minimum absolute atomic E-state index is 0.709. The first-order valence-corrected chi connectivity index (χ1v) is 8.03. The van der Waals surface area contributed by atoms with Crippen LogP contribution in [0.25, 0.3) is 27.7 Å². The predicted octanol–water partition coefficient (Wildman–Crippen LogP) is 3.26. The number of H-pyrrole nitrogens is 1. The van der Waals surface area contributed by atoms with Crippen LogP contribution in [-0.4, -0.2) is 29.8 Å². The van der Waals surface area contributed by atoms with Crippen molar-refractivity contribution in [3.05, 3.63) is 78.6 Å². The second-order valence-corrected chi connectivity index (χ2v) is 5.92. The third-order valence-corrected chi connectivity index (χ3v) is 4.28. The number of fused-ring (bicyclic) bond motifs is 2. The van der Waals surface area contributed by atoms with E-state index in [0.29, 0.717) is 6.42 Å². The molecule has 0 unspecified atom stereocenters. The zero-order valence-electron chi connectivity index (χ0n) is 13.3. The van der Waals surface area contributed by atoms with Gasteiger partial charge in [-0.25, -0.2) is 9.50 Å². The Kier molecular flexibility index (Phi) is 3.06. The SMILES string of the molecule is c1cnc2ccc(Cc3ncc4ccc(-c5cn[nH]c5)nn34)cc2c1. The summed E-state index contributed by atoms with van der Waals surface area (Å²) in [6.07, 6.45) is 7.97. The van der Waals surface area contributed by atoms with E-state index in [1.54, 1.807) is 6.20 Å². The van der Waals surface area contributed by atoms with E-state index in [1.165, 1.54) is 5.56 Å². The van der Waals surface area contributed by atoms with Crippen molar-refractivity contribution in [3.63, 3.8) is 0 Å². The van der Waals surface area contributed by atoms with E-state index in [-0.39, 0.29) is 0 Å². The van der Waals surface area contributed by atoms with Crippen LogP contribution in [0.1, 0.15) is 11.4 Å². The number of benzene rings is 1. The number of hydrogen-bond donors (Lipinski definition) is 1. The van der Waals surface area contributed by atoms with Gasteiger partial charge < -0.3 is 0 Å². The number of aromatic amines is 1. The quantitative estimate of drug-likeness (QED) is 0.552. The Morgan fingerprint density at radius 1 is 1.00 bits per heavy atom. The van der Waals surface area contributed by atoms with Crippen LogP contribution >= 0.6 is 0 Å². The Morgan fingerprint density at radius 3 is 2.92 bits per heavy atom. The highest BCUT2D eigenvalue weighted by Gasteiger charge is 2.09. The first kappa shape index (κ1) is 13.9. The summed E-state index contributed by atoms with van der Waals surface area (Å²) in [7, 11) is 0. The van der Waals surface area contributed by atoms with Crippen LogP contribution in [0.15, 0.2) is 67.3 Å². The summed E-state index contributed by atoms with van der Waals surface area (Å²) >= 11 is 0. The fraction of sp³-hybridized carbons (Fsp3) is 0.0526. The fourth-order valence-corrected chi connectivity index (χ4v) is 3.02. The zero-order chi connectivity index (χ0) is 16.6. The third kappa shape index (κ3) is 2.44. The normalized spacial score (nSPS) is 11.4. The largest absolute Gasteiger partial charge is 0.285 e. The lowest BCUT2D eigenvalue weighted by Crippen LogP contribution is -2.01. The topological polar surface area (TPSA) is 71.8 Å². The van der Waals surface area contributed by atoms with Crippen LogP contribution < -0.4 is 0 Å². The van der Waals surface area contributed by atoms with Crippen LogP contribution in [0.3, 0.4) is 0 Å². The monoisotopic (exact) mass is 326 g/mol. The highest BCUT2D eigenvalue weighted by molar-refractivity contribution is 5.79. The molecule has 1 N–H and O–H groups in total. The van der Waals surface area contributed by atoms with Crippen molar-refractivity contribution in [2.45, 2.75) is 6.42 Å². The Morgan fingerprint density at radius 2 is 2.00 bits per heavy atom. The summed E-state index contributed by atoms with van der Waals surface area (Å²) in [5.74, 6) is 0.906. The van der Waals surface area contributed by atoms with Gasteiger partial charge in [-0.3, -0.25) is 10.1 Å². The lowest BCUT2D eigenvalue weighted by atomic mass is 10.1. The van der Waals surface area contributed by atoms with Gasteiger partial charge in [-0.05, 0) is 35.9 Å². The highest BCUT2D eigenvalue weighted by atomic mass is 15.3. The van der Waals surface area contributed by atoms with Crippen molar-refractivity contribution >= 4 is 16.4 Å². The summed E-state index contributed by atoms with van der Waals surface area (Å²) in [4.78, 5) is 8.92. The number of aromatic nitrogens is 6. The molecular weight excluding hydrogens is 312 g/mol. The van der Waals surface area contributed by atoms with Gasteiger partial charge in [0.05, 0.1) is 29.1 Å². The van der Waals surface area contributed by atoms with Crippen LogP contribution in [-0.2, 0) is 6.42 Å². The van der Waals surface area contributed by atoms with Crippen LogP contribution in [0.2, 0.25) is 0 Å². The third-order valence-electron chi connectivity index (χ3n) is 4.28.